The minimum atomic E-state index is -0.430. The van der Waals surface area contributed by atoms with E-state index in [-0.39, 0.29) is 11.8 Å². The monoisotopic (exact) mass is 248 g/mol. The van der Waals surface area contributed by atoms with Crippen LogP contribution in [-0.4, -0.2) is 19.0 Å². The first-order valence-electron chi connectivity index (χ1n) is 6.48. The smallest absolute Gasteiger partial charge is 0.243 e. The standard InChI is InChI=1S/C15H24N2O/c1-6-11(3)14(16)15(18)17(5)13-8-7-10(2)9-12(13)4/h7-9,11,14H,6,16H2,1-5H3. The van der Waals surface area contributed by atoms with Crippen molar-refractivity contribution in [3.05, 3.63) is 29.3 Å². The van der Waals surface area contributed by atoms with E-state index in [1.807, 2.05) is 32.9 Å². The molecule has 0 aromatic heterocycles. The Hall–Kier alpha value is -1.35. The molecule has 0 saturated carbocycles. The summed E-state index contributed by atoms with van der Waals surface area (Å²) in [5, 5.41) is 0. The van der Waals surface area contributed by atoms with E-state index >= 15 is 0 Å². The molecule has 2 unspecified atom stereocenters. The Bertz CT molecular complexity index is 429. The van der Waals surface area contributed by atoms with Crippen molar-refractivity contribution < 1.29 is 4.79 Å². The van der Waals surface area contributed by atoms with Crippen LogP contribution >= 0.6 is 0 Å². The van der Waals surface area contributed by atoms with Crippen LogP contribution in [0.25, 0.3) is 0 Å². The summed E-state index contributed by atoms with van der Waals surface area (Å²) in [6, 6.07) is 5.64. The summed E-state index contributed by atoms with van der Waals surface area (Å²) in [6.45, 7) is 8.12. The number of nitrogens with zero attached hydrogens (tertiary/aromatic N) is 1. The van der Waals surface area contributed by atoms with E-state index in [4.69, 9.17) is 5.73 Å². The van der Waals surface area contributed by atoms with Gasteiger partial charge in [0.05, 0.1) is 6.04 Å². The normalized spacial score (nSPS) is 14.1. The maximum Gasteiger partial charge on any atom is 0.243 e. The van der Waals surface area contributed by atoms with Crippen LogP contribution in [0.4, 0.5) is 5.69 Å². The Kier molecular flexibility index (Phi) is 4.91. The second kappa shape index (κ2) is 6.01. The second-order valence-corrected chi connectivity index (χ2v) is 5.10. The molecule has 1 aromatic rings. The number of hydrogen-bond acceptors (Lipinski definition) is 2. The average Bonchev–Trinajstić information content (AvgIpc) is 2.35. The molecule has 0 heterocycles. The van der Waals surface area contributed by atoms with Gasteiger partial charge in [-0.25, -0.2) is 0 Å². The van der Waals surface area contributed by atoms with Gasteiger partial charge in [0, 0.05) is 12.7 Å². The number of carbonyl (C=O) groups is 1. The number of amides is 1. The zero-order chi connectivity index (χ0) is 13.9. The Morgan fingerprint density at radius 2 is 2.00 bits per heavy atom. The van der Waals surface area contributed by atoms with Gasteiger partial charge in [-0.15, -0.1) is 0 Å². The summed E-state index contributed by atoms with van der Waals surface area (Å²) in [4.78, 5) is 14.0. The van der Waals surface area contributed by atoms with Crippen molar-refractivity contribution in [2.45, 2.75) is 40.2 Å². The second-order valence-electron chi connectivity index (χ2n) is 5.10. The number of likely N-dealkylation sites (N-methyl/N-ethyl adjacent to an activating group) is 1. The Morgan fingerprint density at radius 3 is 2.50 bits per heavy atom. The fourth-order valence-corrected chi connectivity index (χ4v) is 2.02. The Labute approximate surface area is 110 Å². The maximum atomic E-state index is 12.3. The van der Waals surface area contributed by atoms with Crippen molar-refractivity contribution >= 4 is 11.6 Å². The number of benzene rings is 1. The van der Waals surface area contributed by atoms with Crippen LogP contribution < -0.4 is 10.6 Å². The molecule has 0 bridgehead atoms. The van der Waals surface area contributed by atoms with Crippen LogP contribution in [0.1, 0.15) is 31.4 Å². The summed E-state index contributed by atoms with van der Waals surface area (Å²) in [7, 11) is 1.79. The predicted molar refractivity (Wildman–Crippen MR) is 76.8 cm³/mol. The highest BCUT2D eigenvalue weighted by molar-refractivity contribution is 5.97. The van der Waals surface area contributed by atoms with Crippen molar-refractivity contribution in [2.24, 2.45) is 11.7 Å². The predicted octanol–water partition coefficient (Wildman–Crippen LogP) is 2.64. The molecule has 3 nitrogen and oxygen atoms in total. The molecular weight excluding hydrogens is 224 g/mol. The van der Waals surface area contributed by atoms with Gasteiger partial charge in [-0.3, -0.25) is 4.79 Å². The quantitative estimate of drug-likeness (QED) is 0.890. The van der Waals surface area contributed by atoms with Gasteiger partial charge in [-0.1, -0.05) is 38.0 Å². The molecule has 0 radical (unpaired) electrons. The first kappa shape index (κ1) is 14.7. The van der Waals surface area contributed by atoms with Crippen LogP contribution in [0, 0.1) is 19.8 Å². The number of anilines is 1. The van der Waals surface area contributed by atoms with Gasteiger partial charge in [0.2, 0.25) is 5.91 Å². The maximum absolute atomic E-state index is 12.3. The SMILES string of the molecule is CCC(C)C(N)C(=O)N(C)c1ccc(C)cc1C. The van der Waals surface area contributed by atoms with Crippen LogP contribution in [0.3, 0.4) is 0 Å². The molecule has 2 N–H and O–H groups in total. The fourth-order valence-electron chi connectivity index (χ4n) is 2.02. The van der Waals surface area contributed by atoms with Gasteiger partial charge in [0.1, 0.15) is 0 Å². The summed E-state index contributed by atoms with van der Waals surface area (Å²) in [6.07, 6.45) is 0.910. The van der Waals surface area contributed by atoms with Crippen molar-refractivity contribution in [3.8, 4) is 0 Å². The van der Waals surface area contributed by atoms with E-state index in [0.717, 1.165) is 17.7 Å². The van der Waals surface area contributed by atoms with Crippen molar-refractivity contribution in [2.75, 3.05) is 11.9 Å². The highest BCUT2D eigenvalue weighted by Gasteiger charge is 2.24. The lowest BCUT2D eigenvalue weighted by Crippen LogP contribution is -2.45. The molecule has 100 valence electrons. The summed E-state index contributed by atoms with van der Waals surface area (Å²) < 4.78 is 0. The number of carbonyl (C=O) groups excluding carboxylic acids is 1. The molecule has 0 aliphatic carbocycles. The largest absolute Gasteiger partial charge is 0.320 e. The Morgan fingerprint density at radius 1 is 1.39 bits per heavy atom. The van der Waals surface area contributed by atoms with E-state index in [0.29, 0.717) is 0 Å². The van der Waals surface area contributed by atoms with Crippen LogP contribution in [0.15, 0.2) is 18.2 Å². The molecule has 0 spiro atoms. The zero-order valence-electron chi connectivity index (χ0n) is 12.0. The van der Waals surface area contributed by atoms with Gasteiger partial charge in [0.25, 0.3) is 0 Å². The number of hydrogen-bond donors (Lipinski definition) is 1. The molecule has 3 heteroatoms. The molecule has 1 aromatic carbocycles. The molecule has 18 heavy (non-hydrogen) atoms. The van der Waals surface area contributed by atoms with Crippen molar-refractivity contribution in [1.29, 1.82) is 0 Å². The minimum absolute atomic E-state index is 0.0173. The average molecular weight is 248 g/mol. The third-order valence-corrected chi connectivity index (χ3v) is 3.59. The molecule has 2 atom stereocenters. The van der Waals surface area contributed by atoms with Crippen LogP contribution in [-0.2, 0) is 4.79 Å². The molecule has 0 saturated heterocycles. The van der Waals surface area contributed by atoms with Gasteiger partial charge < -0.3 is 10.6 Å². The first-order chi connectivity index (χ1) is 8.38. The summed E-state index contributed by atoms with van der Waals surface area (Å²) >= 11 is 0. The topological polar surface area (TPSA) is 46.3 Å². The third-order valence-electron chi connectivity index (χ3n) is 3.59. The van der Waals surface area contributed by atoms with E-state index < -0.39 is 6.04 Å². The van der Waals surface area contributed by atoms with Crippen LogP contribution in [0.5, 0.6) is 0 Å². The number of aryl methyl sites for hydroxylation is 2. The molecular formula is C15H24N2O. The zero-order valence-corrected chi connectivity index (χ0v) is 12.0. The lowest BCUT2D eigenvalue weighted by Gasteiger charge is -2.26. The number of nitrogens with two attached hydrogens (primary N) is 1. The lowest BCUT2D eigenvalue weighted by molar-refractivity contribution is -0.120. The van der Waals surface area contributed by atoms with Gasteiger partial charge in [0.15, 0.2) is 0 Å². The number of rotatable bonds is 4. The molecule has 0 aliphatic heterocycles. The third kappa shape index (κ3) is 3.10. The van der Waals surface area contributed by atoms with Gasteiger partial charge in [-0.05, 0) is 31.4 Å². The lowest BCUT2D eigenvalue weighted by atomic mass is 9.98. The van der Waals surface area contributed by atoms with Crippen molar-refractivity contribution in [3.63, 3.8) is 0 Å². The molecule has 1 rings (SSSR count). The fraction of sp³-hybridized carbons (Fsp3) is 0.533. The van der Waals surface area contributed by atoms with Gasteiger partial charge in [-0.2, -0.15) is 0 Å². The van der Waals surface area contributed by atoms with E-state index in [1.165, 1.54) is 5.56 Å². The highest BCUT2D eigenvalue weighted by atomic mass is 16.2. The molecule has 0 fully saturated rings. The highest BCUT2D eigenvalue weighted by Crippen LogP contribution is 2.21. The summed E-state index contributed by atoms with van der Waals surface area (Å²) in [5.41, 5.74) is 9.23. The van der Waals surface area contributed by atoms with E-state index in [9.17, 15) is 4.79 Å². The van der Waals surface area contributed by atoms with E-state index in [2.05, 4.69) is 13.0 Å². The Balaban J connectivity index is 2.93. The van der Waals surface area contributed by atoms with E-state index in [1.54, 1.807) is 11.9 Å². The van der Waals surface area contributed by atoms with Crippen LogP contribution in [0.2, 0.25) is 0 Å². The summed E-state index contributed by atoms with van der Waals surface area (Å²) in [5.74, 6) is 0.182. The van der Waals surface area contributed by atoms with Crippen molar-refractivity contribution in [1.82, 2.24) is 0 Å². The molecule has 0 aliphatic rings. The van der Waals surface area contributed by atoms with Gasteiger partial charge >= 0.3 is 0 Å². The first-order valence-corrected chi connectivity index (χ1v) is 6.48. The minimum Gasteiger partial charge on any atom is -0.320 e. The molecule has 1 amide bonds.